The molecule has 1 aromatic heterocycles. The lowest BCUT2D eigenvalue weighted by atomic mass is 9.93. The molecule has 0 bridgehead atoms. The summed E-state index contributed by atoms with van der Waals surface area (Å²) in [4.78, 5) is 8.81. The Hall–Kier alpha value is -2.17. The molecule has 132 valence electrons. The second-order valence-electron chi connectivity index (χ2n) is 7.09. The Morgan fingerprint density at radius 2 is 1.88 bits per heavy atom. The normalized spacial score (nSPS) is 17.7. The molecule has 0 amide bonds. The van der Waals surface area contributed by atoms with Crippen LogP contribution >= 0.6 is 0 Å². The van der Waals surface area contributed by atoms with Crippen LogP contribution in [-0.4, -0.2) is 40.7 Å². The molecule has 1 fully saturated rings. The molecule has 0 unspecified atom stereocenters. The van der Waals surface area contributed by atoms with Crippen molar-refractivity contribution >= 4 is 11.9 Å². The summed E-state index contributed by atoms with van der Waals surface area (Å²) in [6, 6.07) is 14.4. The lowest BCUT2D eigenvalue weighted by Gasteiger charge is -2.36. The number of pyridine rings is 1. The van der Waals surface area contributed by atoms with E-state index < -0.39 is 5.60 Å². The van der Waals surface area contributed by atoms with Crippen LogP contribution in [0.4, 0.5) is 5.82 Å². The van der Waals surface area contributed by atoms with Gasteiger partial charge in [-0.05, 0) is 49.1 Å². The van der Waals surface area contributed by atoms with Gasteiger partial charge in [0.1, 0.15) is 5.82 Å². The molecule has 3 rings (SSSR count). The molecule has 0 saturated carbocycles. The zero-order valence-electron chi connectivity index (χ0n) is 15.1. The highest BCUT2D eigenvalue weighted by molar-refractivity contribution is 5.57. The summed E-state index contributed by atoms with van der Waals surface area (Å²) in [5.74, 6) is 0.925. The molecule has 1 saturated heterocycles. The fourth-order valence-electron chi connectivity index (χ4n) is 3.11. The van der Waals surface area contributed by atoms with E-state index in [1.54, 1.807) is 6.20 Å². The van der Waals surface area contributed by atoms with Crippen LogP contribution in [0.5, 0.6) is 0 Å². The molecule has 2 heterocycles. The Bertz CT molecular complexity index is 702. The molecule has 0 spiro atoms. The average molecular weight is 337 g/mol. The average Bonchev–Trinajstić information content (AvgIpc) is 2.63. The van der Waals surface area contributed by atoms with Crippen molar-refractivity contribution in [2.24, 2.45) is 0 Å². The Morgan fingerprint density at radius 1 is 1.16 bits per heavy atom. The molecule has 0 radical (unpaired) electrons. The lowest BCUT2D eigenvalue weighted by molar-refractivity contribution is -0.00730. The van der Waals surface area contributed by atoms with Crippen molar-refractivity contribution < 1.29 is 5.11 Å². The number of hydrogen-bond acceptors (Lipinski definition) is 4. The van der Waals surface area contributed by atoms with Crippen LogP contribution in [0.2, 0.25) is 0 Å². The van der Waals surface area contributed by atoms with Crippen molar-refractivity contribution in [3.8, 4) is 0 Å². The molecule has 1 aromatic carbocycles. The van der Waals surface area contributed by atoms with Gasteiger partial charge in [-0.15, -0.1) is 0 Å². The number of nitrogens with zero attached hydrogens (tertiary/aromatic N) is 3. The smallest absolute Gasteiger partial charge is 0.132 e. The van der Waals surface area contributed by atoms with Gasteiger partial charge in [-0.3, -0.25) is 4.90 Å². The Labute approximate surface area is 150 Å². The van der Waals surface area contributed by atoms with E-state index in [2.05, 4.69) is 46.4 Å². The van der Waals surface area contributed by atoms with Gasteiger partial charge in [-0.1, -0.05) is 30.3 Å². The molecule has 1 N–H and O–H groups in total. The number of rotatable bonds is 5. The van der Waals surface area contributed by atoms with Gasteiger partial charge in [0.25, 0.3) is 0 Å². The number of likely N-dealkylation sites (tertiary alicyclic amines) is 1. The van der Waals surface area contributed by atoms with Crippen molar-refractivity contribution in [3.05, 3.63) is 66.0 Å². The first-order valence-electron chi connectivity index (χ1n) is 8.88. The zero-order valence-corrected chi connectivity index (χ0v) is 15.1. The predicted octanol–water partition coefficient (Wildman–Crippen LogP) is 3.54. The molecule has 1 aliphatic heterocycles. The molecule has 4 nitrogen and oxygen atoms in total. The van der Waals surface area contributed by atoms with Crippen LogP contribution in [0, 0.1) is 0 Å². The second-order valence-corrected chi connectivity index (χ2v) is 7.09. The summed E-state index contributed by atoms with van der Waals surface area (Å²) in [7, 11) is 2.01. The van der Waals surface area contributed by atoms with Crippen molar-refractivity contribution in [2.45, 2.75) is 31.9 Å². The summed E-state index contributed by atoms with van der Waals surface area (Å²) in [6.45, 7) is 4.75. The minimum Gasteiger partial charge on any atom is -0.390 e. The van der Waals surface area contributed by atoms with E-state index in [4.69, 9.17) is 0 Å². The van der Waals surface area contributed by atoms with Crippen molar-refractivity contribution in [2.75, 3.05) is 25.0 Å². The third-order valence-electron chi connectivity index (χ3n) is 4.87. The van der Waals surface area contributed by atoms with E-state index in [9.17, 15) is 5.11 Å². The van der Waals surface area contributed by atoms with Gasteiger partial charge >= 0.3 is 0 Å². The number of aromatic nitrogens is 1. The van der Waals surface area contributed by atoms with Gasteiger partial charge in [-0.25, -0.2) is 4.98 Å². The second kappa shape index (κ2) is 7.81. The summed E-state index contributed by atoms with van der Waals surface area (Å²) in [5, 5.41) is 10.1. The molecule has 25 heavy (non-hydrogen) atoms. The number of aliphatic hydroxyl groups is 1. The van der Waals surface area contributed by atoms with Gasteiger partial charge in [-0.2, -0.15) is 0 Å². The van der Waals surface area contributed by atoms with Gasteiger partial charge in [0, 0.05) is 39.1 Å². The quantitative estimate of drug-likeness (QED) is 0.906. The van der Waals surface area contributed by atoms with Gasteiger partial charge < -0.3 is 10.0 Å². The largest absolute Gasteiger partial charge is 0.390 e. The molecule has 0 atom stereocenters. The SMILES string of the molecule is CN(/C=C\c1ccccc1CN1CCC(C)(O)CC1)c1ccccn1. The van der Waals surface area contributed by atoms with Gasteiger partial charge in [0.2, 0.25) is 0 Å². The van der Waals surface area contributed by atoms with Crippen molar-refractivity contribution in [1.82, 2.24) is 9.88 Å². The van der Waals surface area contributed by atoms with Crippen LogP contribution in [-0.2, 0) is 6.54 Å². The molecule has 2 aromatic rings. The minimum atomic E-state index is -0.499. The van der Waals surface area contributed by atoms with E-state index in [0.717, 1.165) is 38.3 Å². The van der Waals surface area contributed by atoms with E-state index >= 15 is 0 Å². The first-order chi connectivity index (χ1) is 12.0. The first kappa shape index (κ1) is 17.6. The van der Waals surface area contributed by atoms with Crippen molar-refractivity contribution in [3.63, 3.8) is 0 Å². The highest BCUT2D eigenvalue weighted by Gasteiger charge is 2.27. The predicted molar refractivity (Wildman–Crippen MR) is 103 cm³/mol. The minimum absolute atomic E-state index is 0.499. The van der Waals surface area contributed by atoms with Crippen LogP contribution < -0.4 is 4.90 Å². The lowest BCUT2D eigenvalue weighted by Crippen LogP contribution is -2.42. The van der Waals surface area contributed by atoms with Gasteiger partial charge in [0.15, 0.2) is 0 Å². The van der Waals surface area contributed by atoms with Crippen LogP contribution in [0.25, 0.3) is 6.08 Å². The number of hydrogen-bond donors (Lipinski definition) is 1. The topological polar surface area (TPSA) is 39.6 Å². The maximum Gasteiger partial charge on any atom is 0.132 e. The third-order valence-corrected chi connectivity index (χ3v) is 4.87. The summed E-state index contributed by atoms with van der Waals surface area (Å²) < 4.78 is 0. The summed E-state index contributed by atoms with van der Waals surface area (Å²) in [6.07, 6.45) is 7.69. The fraction of sp³-hybridized carbons (Fsp3) is 0.381. The Morgan fingerprint density at radius 3 is 2.60 bits per heavy atom. The molecule has 4 heteroatoms. The van der Waals surface area contributed by atoms with Crippen LogP contribution in [0.15, 0.2) is 54.9 Å². The molecule has 0 aliphatic carbocycles. The molecular formula is C21H27N3O. The zero-order chi connectivity index (χ0) is 17.7. The van der Waals surface area contributed by atoms with Gasteiger partial charge in [0.05, 0.1) is 5.60 Å². The maximum absolute atomic E-state index is 10.1. The summed E-state index contributed by atoms with van der Waals surface area (Å²) >= 11 is 0. The summed E-state index contributed by atoms with van der Waals surface area (Å²) in [5.41, 5.74) is 2.04. The highest BCUT2D eigenvalue weighted by Crippen LogP contribution is 2.23. The van der Waals surface area contributed by atoms with Crippen LogP contribution in [0.3, 0.4) is 0 Å². The fourth-order valence-corrected chi connectivity index (χ4v) is 3.11. The number of benzene rings is 1. The van der Waals surface area contributed by atoms with E-state index in [-0.39, 0.29) is 0 Å². The van der Waals surface area contributed by atoms with E-state index in [1.165, 1.54) is 11.1 Å². The monoisotopic (exact) mass is 337 g/mol. The Kier molecular flexibility index (Phi) is 5.51. The first-order valence-corrected chi connectivity index (χ1v) is 8.88. The highest BCUT2D eigenvalue weighted by atomic mass is 16.3. The van der Waals surface area contributed by atoms with Crippen molar-refractivity contribution in [1.29, 1.82) is 0 Å². The standard InChI is InChI=1S/C21H27N3O/c1-21(25)11-15-24(16-12-21)17-19-8-4-3-7-18(19)10-14-23(2)20-9-5-6-13-22-20/h3-10,13-14,25H,11-12,15-17H2,1-2H3/b14-10-. The molecule has 1 aliphatic rings. The van der Waals surface area contributed by atoms with Crippen LogP contribution in [0.1, 0.15) is 30.9 Å². The number of piperidine rings is 1. The van der Waals surface area contributed by atoms with E-state index in [1.807, 2.05) is 37.1 Å². The third kappa shape index (κ3) is 4.91. The maximum atomic E-state index is 10.1. The number of anilines is 1. The Balaban J connectivity index is 1.68. The molecular weight excluding hydrogens is 310 g/mol. The van der Waals surface area contributed by atoms with E-state index in [0.29, 0.717) is 0 Å².